The highest BCUT2D eigenvalue weighted by Gasteiger charge is 2.29. The van der Waals surface area contributed by atoms with E-state index in [2.05, 4.69) is 20.2 Å². The summed E-state index contributed by atoms with van der Waals surface area (Å²) in [5.74, 6) is 1.62. The van der Waals surface area contributed by atoms with Crippen LogP contribution in [-0.4, -0.2) is 40.3 Å². The number of anilines is 2. The molecule has 5 nitrogen and oxygen atoms in total. The molecule has 1 saturated heterocycles. The van der Waals surface area contributed by atoms with Gasteiger partial charge in [-0.3, -0.25) is 4.98 Å². The molecular formula is C12H20N4O. The first-order chi connectivity index (χ1) is 8.11. The highest BCUT2D eigenvalue weighted by atomic mass is 16.3. The zero-order valence-electron chi connectivity index (χ0n) is 10.5. The summed E-state index contributed by atoms with van der Waals surface area (Å²) in [6, 6.07) is 0. The average Bonchev–Trinajstić information content (AvgIpc) is 2.28. The third-order valence-electron chi connectivity index (χ3n) is 2.98. The van der Waals surface area contributed by atoms with Gasteiger partial charge in [0.05, 0.1) is 18.0 Å². The Morgan fingerprint density at radius 3 is 3.06 bits per heavy atom. The zero-order valence-corrected chi connectivity index (χ0v) is 10.5. The van der Waals surface area contributed by atoms with Crippen LogP contribution in [0, 0.1) is 0 Å². The quantitative estimate of drug-likeness (QED) is 0.827. The standard InChI is InChI=1S/C12H20N4O/c1-3-14-10-7-13-8-11(15-10)16-6-4-5-12(2,17)9-16/h7-8,17H,3-6,9H2,1-2H3,(H,14,15). The molecule has 1 fully saturated rings. The van der Waals surface area contributed by atoms with E-state index in [1.807, 2.05) is 13.8 Å². The van der Waals surface area contributed by atoms with Crippen LogP contribution in [-0.2, 0) is 0 Å². The lowest BCUT2D eigenvalue weighted by Crippen LogP contribution is -2.46. The molecule has 2 N–H and O–H groups in total. The van der Waals surface area contributed by atoms with Crippen molar-refractivity contribution >= 4 is 11.6 Å². The number of hydrogen-bond acceptors (Lipinski definition) is 5. The van der Waals surface area contributed by atoms with Crippen LogP contribution in [0.1, 0.15) is 26.7 Å². The van der Waals surface area contributed by atoms with Gasteiger partial charge in [0, 0.05) is 19.6 Å². The topological polar surface area (TPSA) is 61.3 Å². The molecule has 0 spiro atoms. The lowest BCUT2D eigenvalue weighted by atomic mass is 9.95. The summed E-state index contributed by atoms with van der Waals surface area (Å²) in [6.45, 7) is 6.29. The summed E-state index contributed by atoms with van der Waals surface area (Å²) in [4.78, 5) is 10.8. The van der Waals surface area contributed by atoms with Crippen LogP contribution in [0.15, 0.2) is 12.4 Å². The first kappa shape index (κ1) is 12.1. The van der Waals surface area contributed by atoms with E-state index in [4.69, 9.17) is 0 Å². The summed E-state index contributed by atoms with van der Waals surface area (Å²) in [5, 5.41) is 13.2. The average molecular weight is 236 g/mol. The van der Waals surface area contributed by atoms with Gasteiger partial charge in [-0.05, 0) is 26.7 Å². The van der Waals surface area contributed by atoms with Crippen LogP contribution >= 0.6 is 0 Å². The molecule has 2 heterocycles. The Kier molecular flexibility index (Phi) is 3.47. The summed E-state index contributed by atoms with van der Waals surface area (Å²) >= 11 is 0. The van der Waals surface area contributed by atoms with Gasteiger partial charge in [-0.1, -0.05) is 0 Å². The molecule has 1 aromatic heterocycles. The normalized spacial score (nSPS) is 24.8. The molecule has 1 atom stereocenters. The van der Waals surface area contributed by atoms with Gasteiger partial charge in [-0.2, -0.15) is 0 Å². The Morgan fingerprint density at radius 1 is 1.53 bits per heavy atom. The monoisotopic (exact) mass is 236 g/mol. The molecule has 5 heteroatoms. The number of β-amino-alcohol motifs (C(OH)–C–C–N with tert-alkyl or cyclic N) is 1. The van der Waals surface area contributed by atoms with Crippen molar-refractivity contribution in [2.45, 2.75) is 32.3 Å². The maximum absolute atomic E-state index is 10.1. The fourth-order valence-corrected chi connectivity index (χ4v) is 2.19. The van der Waals surface area contributed by atoms with Crippen molar-refractivity contribution in [3.8, 4) is 0 Å². The number of nitrogens with zero attached hydrogens (tertiary/aromatic N) is 3. The summed E-state index contributed by atoms with van der Waals surface area (Å²) in [5.41, 5.74) is -0.617. The lowest BCUT2D eigenvalue weighted by molar-refractivity contribution is 0.0447. The van der Waals surface area contributed by atoms with Crippen LogP contribution < -0.4 is 10.2 Å². The molecule has 0 aliphatic carbocycles. The fraction of sp³-hybridized carbons (Fsp3) is 0.667. The maximum atomic E-state index is 10.1. The Bertz CT molecular complexity index is 381. The number of aromatic nitrogens is 2. The number of rotatable bonds is 3. The van der Waals surface area contributed by atoms with Crippen molar-refractivity contribution in [2.24, 2.45) is 0 Å². The van der Waals surface area contributed by atoms with Crippen molar-refractivity contribution in [1.29, 1.82) is 0 Å². The molecular weight excluding hydrogens is 216 g/mol. The Morgan fingerprint density at radius 2 is 2.35 bits per heavy atom. The van der Waals surface area contributed by atoms with Crippen molar-refractivity contribution < 1.29 is 5.11 Å². The van der Waals surface area contributed by atoms with Gasteiger partial charge >= 0.3 is 0 Å². The van der Waals surface area contributed by atoms with Gasteiger partial charge in [0.1, 0.15) is 11.6 Å². The zero-order chi connectivity index (χ0) is 12.3. The molecule has 1 unspecified atom stereocenters. The Balaban J connectivity index is 2.13. The van der Waals surface area contributed by atoms with Crippen LogP contribution in [0.3, 0.4) is 0 Å². The molecule has 0 amide bonds. The Hall–Kier alpha value is -1.36. The van der Waals surface area contributed by atoms with E-state index in [0.717, 1.165) is 37.6 Å². The highest BCUT2D eigenvalue weighted by Crippen LogP contribution is 2.24. The van der Waals surface area contributed by atoms with Gasteiger partial charge < -0.3 is 15.3 Å². The predicted octanol–water partition coefficient (Wildman–Crippen LogP) is 1.26. The smallest absolute Gasteiger partial charge is 0.149 e. The fourth-order valence-electron chi connectivity index (χ4n) is 2.19. The third kappa shape index (κ3) is 3.06. The van der Waals surface area contributed by atoms with Gasteiger partial charge in [-0.15, -0.1) is 0 Å². The van der Waals surface area contributed by atoms with E-state index < -0.39 is 5.60 Å². The third-order valence-corrected chi connectivity index (χ3v) is 2.98. The Labute approximate surface area is 102 Å². The SMILES string of the molecule is CCNc1cncc(N2CCCC(C)(O)C2)n1. The molecule has 17 heavy (non-hydrogen) atoms. The van der Waals surface area contributed by atoms with E-state index in [9.17, 15) is 5.11 Å². The predicted molar refractivity (Wildman–Crippen MR) is 68.3 cm³/mol. The van der Waals surface area contributed by atoms with Crippen LogP contribution in [0.25, 0.3) is 0 Å². The van der Waals surface area contributed by atoms with Gasteiger partial charge in [0.25, 0.3) is 0 Å². The summed E-state index contributed by atoms with van der Waals surface area (Å²) in [7, 11) is 0. The van der Waals surface area contributed by atoms with Gasteiger partial charge in [0.2, 0.25) is 0 Å². The number of piperidine rings is 1. The van der Waals surface area contributed by atoms with Crippen LogP contribution in [0.4, 0.5) is 11.6 Å². The van der Waals surface area contributed by atoms with Gasteiger partial charge in [-0.25, -0.2) is 4.98 Å². The van der Waals surface area contributed by atoms with E-state index in [0.29, 0.717) is 6.54 Å². The van der Waals surface area contributed by atoms with Crippen molar-refractivity contribution in [3.63, 3.8) is 0 Å². The minimum atomic E-state index is -0.617. The molecule has 0 bridgehead atoms. The van der Waals surface area contributed by atoms with E-state index >= 15 is 0 Å². The first-order valence-corrected chi connectivity index (χ1v) is 6.14. The van der Waals surface area contributed by atoms with Gasteiger partial charge in [0.15, 0.2) is 0 Å². The van der Waals surface area contributed by atoms with E-state index in [1.165, 1.54) is 0 Å². The highest BCUT2D eigenvalue weighted by molar-refractivity contribution is 5.44. The molecule has 0 aromatic carbocycles. The second kappa shape index (κ2) is 4.87. The molecule has 2 rings (SSSR count). The van der Waals surface area contributed by atoms with E-state index in [-0.39, 0.29) is 0 Å². The molecule has 0 saturated carbocycles. The molecule has 1 aliphatic heterocycles. The summed E-state index contributed by atoms with van der Waals surface area (Å²) < 4.78 is 0. The minimum absolute atomic E-state index is 0.617. The lowest BCUT2D eigenvalue weighted by Gasteiger charge is -2.37. The van der Waals surface area contributed by atoms with Crippen LogP contribution in [0.2, 0.25) is 0 Å². The number of aliphatic hydroxyl groups is 1. The summed E-state index contributed by atoms with van der Waals surface area (Å²) in [6.07, 6.45) is 5.31. The van der Waals surface area contributed by atoms with E-state index in [1.54, 1.807) is 12.4 Å². The van der Waals surface area contributed by atoms with Crippen LogP contribution in [0.5, 0.6) is 0 Å². The maximum Gasteiger partial charge on any atom is 0.149 e. The molecule has 0 radical (unpaired) electrons. The van der Waals surface area contributed by atoms with Crippen molar-refractivity contribution in [2.75, 3.05) is 29.9 Å². The number of hydrogen-bond donors (Lipinski definition) is 2. The second-order valence-corrected chi connectivity index (χ2v) is 4.81. The second-order valence-electron chi connectivity index (χ2n) is 4.81. The molecule has 1 aromatic rings. The largest absolute Gasteiger partial charge is 0.388 e. The minimum Gasteiger partial charge on any atom is -0.388 e. The molecule has 1 aliphatic rings. The number of nitrogens with one attached hydrogen (secondary N) is 1. The van der Waals surface area contributed by atoms with Crippen molar-refractivity contribution in [3.05, 3.63) is 12.4 Å². The van der Waals surface area contributed by atoms with Crippen molar-refractivity contribution in [1.82, 2.24) is 9.97 Å². The first-order valence-electron chi connectivity index (χ1n) is 6.14. The molecule has 94 valence electrons.